The van der Waals surface area contributed by atoms with E-state index >= 15 is 0 Å². The van der Waals surface area contributed by atoms with E-state index in [-0.39, 0.29) is 11.3 Å². The lowest BCUT2D eigenvalue weighted by Gasteiger charge is -2.35. The molecule has 1 N–H and O–H groups in total. The number of amides is 1. The molecule has 1 aliphatic rings. The van der Waals surface area contributed by atoms with Crippen LogP contribution in [0.2, 0.25) is 0 Å². The smallest absolute Gasteiger partial charge is 0.252 e. The molecule has 0 spiro atoms. The highest BCUT2D eigenvalue weighted by Gasteiger charge is 2.31. The SMILES string of the molecule is O=C(NCC1(CBr)CCCCC1)c1csc2ccccc12. The molecule has 0 aliphatic heterocycles. The summed E-state index contributed by atoms with van der Waals surface area (Å²) in [6, 6.07) is 8.11. The Kier molecular flexibility index (Phi) is 4.65. The summed E-state index contributed by atoms with van der Waals surface area (Å²) in [4.78, 5) is 12.5. The average molecular weight is 366 g/mol. The lowest BCUT2D eigenvalue weighted by Crippen LogP contribution is -2.40. The Hall–Kier alpha value is -0.870. The Morgan fingerprint density at radius 1 is 1.24 bits per heavy atom. The van der Waals surface area contributed by atoms with E-state index in [0.29, 0.717) is 0 Å². The fraction of sp³-hybridized carbons (Fsp3) is 0.471. The van der Waals surface area contributed by atoms with Crippen molar-refractivity contribution in [3.8, 4) is 0 Å². The molecule has 1 amide bonds. The first-order valence-electron chi connectivity index (χ1n) is 7.55. The van der Waals surface area contributed by atoms with Crippen LogP contribution in [-0.2, 0) is 0 Å². The Bertz CT molecular complexity index is 631. The number of alkyl halides is 1. The van der Waals surface area contributed by atoms with Crippen LogP contribution in [0.25, 0.3) is 10.1 Å². The number of fused-ring (bicyclic) bond motifs is 1. The molecule has 1 heterocycles. The molecule has 3 rings (SSSR count). The van der Waals surface area contributed by atoms with E-state index in [1.54, 1.807) is 11.3 Å². The van der Waals surface area contributed by atoms with Gasteiger partial charge >= 0.3 is 0 Å². The van der Waals surface area contributed by atoms with Crippen molar-refractivity contribution in [2.24, 2.45) is 5.41 Å². The van der Waals surface area contributed by atoms with Crippen LogP contribution in [0.4, 0.5) is 0 Å². The fourth-order valence-electron chi connectivity index (χ4n) is 3.18. The molecular weight excluding hydrogens is 346 g/mol. The summed E-state index contributed by atoms with van der Waals surface area (Å²) < 4.78 is 1.18. The molecule has 21 heavy (non-hydrogen) atoms. The highest BCUT2D eigenvalue weighted by Crippen LogP contribution is 2.37. The molecule has 2 nitrogen and oxygen atoms in total. The standard InChI is InChI=1S/C17H20BrNOS/c18-11-17(8-4-1-5-9-17)12-19-16(20)14-10-21-15-7-3-2-6-13(14)15/h2-3,6-7,10H,1,4-5,8-9,11-12H2,(H,19,20). The van der Waals surface area contributed by atoms with Crippen LogP contribution >= 0.6 is 27.3 Å². The summed E-state index contributed by atoms with van der Waals surface area (Å²) in [5, 5.41) is 7.19. The van der Waals surface area contributed by atoms with Gasteiger partial charge < -0.3 is 5.32 Å². The van der Waals surface area contributed by atoms with Gasteiger partial charge in [0.15, 0.2) is 0 Å². The number of thiophene rings is 1. The second-order valence-corrected chi connectivity index (χ2v) is 7.49. The minimum absolute atomic E-state index is 0.0679. The minimum Gasteiger partial charge on any atom is -0.351 e. The van der Waals surface area contributed by atoms with E-state index in [2.05, 4.69) is 27.3 Å². The second kappa shape index (κ2) is 6.49. The summed E-state index contributed by atoms with van der Waals surface area (Å²) in [6.45, 7) is 0.779. The number of halogens is 1. The van der Waals surface area contributed by atoms with E-state index in [1.165, 1.54) is 36.8 Å². The highest BCUT2D eigenvalue weighted by atomic mass is 79.9. The minimum atomic E-state index is 0.0679. The maximum Gasteiger partial charge on any atom is 0.252 e. The van der Waals surface area contributed by atoms with Gasteiger partial charge in [-0.2, -0.15) is 0 Å². The van der Waals surface area contributed by atoms with E-state index in [9.17, 15) is 4.79 Å². The Morgan fingerprint density at radius 3 is 2.76 bits per heavy atom. The van der Waals surface area contributed by atoms with Crippen LogP contribution < -0.4 is 5.32 Å². The van der Waals surface area contributed by atoms with Crippen molar-refractivity contribution >= 4 is 43.3 Å². The predicted molar refractivity (Wildman–Crippen MR) is 93.5 cm³/mol. The molecule has 4 heteroatoms. The van der Waals surface area contributed by atoms with Crippen molar-refractivity contribution in [2.75, 3.05) is 11.9 Å². The molecular formula is C17H20BrNOS. The summed E-state index contributed by atoms with van der Waals surface area (Å²) in [5.74, 6) is 0.0679. The van der Waals surface area contributed by atoms with Crippen molar-refractivity contribution in [1.29, 1.82) is 0 Å². The van der Waals surface area contributed by atoms with Gasteiger partial charge in [-0.1, -0.05) is 53.4 Å². The van der Waals surface area contributed by atoms with Crippen LogP contribution in [-0.4, -0.2) is 17.8 Å². The van der Waals surface area contributed by atoms with Gasteiger partial charge in [-0.3, -0.25) is 4.79 Å². The third-order valence-corrected chi connectivity index (χ3v) is 6.70. The molecule has 2 aromatic rings. The summed E-state index contributed by atoms with van der Waals surface area (Å²) in [5.41, 5.74) is 1.07. The number of rotatable bonds is 4. The molecule has 0 saturated heterocycles. The molecule has 0 unspecified atom stereocenters. The Balaban J connectivity index is 1.71. The van der Waals surface area contributed by atoms with Gasteiger partial charge in [0.1, 0.15) is 0 Å². The molecule has 0 atom stereocenters. The normalized spacial score (nSPS) is 17.8. The van der Waals surface area contributed by atoms with Crippen LogP contribution in [0, 0.1) is 5.41 Å². The molecule has 1 aromatic heterocycles. The Labute approximate surface area is 138 Å². The van der Waals surface area contributed by atoms with E-state index in [0.717, 1.165) is 22.8 Å². The largest absolute Gasteiger partial charge is 0.351 e. The maximum absolute atomic E-state index is 12.5. The van der Waals surface area contributed by atoms with Gasteiger partial charge in [-0.15, -0.1) is 11.3 Å². The van der Waals surface area contributed by atoms with Crippen LogP contribution in [0.1, 0.15) is 42.5 Å². The van der Waals surface area contributed by atoms with Crippen molar-refractivity contribution in [3.05, 3.63) is 35.2 Å². The lowest BCUT2D eigenvalue weighted by atomic mass is 9.75. The molecule has 112 valence electrons. The van der Waals surface area contributed by atoms with E-state index < -0.39 is 0 Å². The van der Waals surface area contributed by atoms with Crippen LogP contribution in [0.5, 0.6) is 0 Å². The van der Waals surface area contributed by atoms with Crippen LogP contribution in [0.15, 0.2) is 29.6 Å². The third-order valence-electron chi connectivity index (χ3n) is 4.55. The average Bonchev–Trinajstić information content (AvgIpc) is 2.98. The quantitative estimate of drug-likeness (QED) is 0.760. The summed E-state index contributed by atoms with van der Waals surface area (Å²) in [6.07, 6.45) is 6.31. The zero-order valence-corrected chi connectivity index (χ0v) is 14.4. The first-order valence-corrected chi connectivity index (χ1v) is 9.55. The summed E-state index contributed by atoms with van der Waals surface area (Å²) in [7, 11) is 0. The number of benzene rings is 1. The van der Waals surface area contributed by atoms with Gasteiger partial charge in [0.05, 0.1) is 5.56 Å². The first-order chi connectivity index (χ1) is 10.2. The molecule has 1 fully saturated rings. The van der Waals surface area contributed by atoms with E-state index in [4.69, 9.17) is 0 Å². The zero-order valence-electron chi connectivity index (χ0n) is 12.0. The van der Waals surface area contributed by atoms with Gasteiger partial charge in [0.25, 0.3) is 5.91 Å². The maximum atomic E-state index is 12.5. The molecule has 1 aromatic carbocycles. The number of hydrogen-bond acceptors (Lipinski definition) is 2. The number of carbonyl (C=O) groups excluding carboxylic acids is 1. The van der Waals surface area contributed by atoms with Gasteiger partial charge in [0.2, 0.25) is 0 Å². The number of hydrogen-bond donors (Lipinski definition) is 1. The molecule has 1 aliphatic carbocycles. The molecule has 0 bridgehead atoms. The molecule has 0 radical (unpaired) electrons. The summed E-state index contributed by atoms with van der Waals surface area (Å²) >= 11 is 5.30. The molecule has 1 saturated carbocycles. The highest BCUT2D eigenvalue weighted by molar-refractivity contribution is 9.09. The van der Waals surface area contributed by atoms with Crippen LogP contribution in [0.3, 0.4) is 0 Å². The van der Waals surface area contributed by atoms with Gasteiger partial charge in [-0.05, 0) is 24.3 Å². The number of carbonyl (C=O) groups is 1. The van der Waals surface area contributed by atoms with Gasteiger partial charge in [0, 0.05) is 27.3 Å². The second-order valence-electron chi connectivity index (χ2n) is 6.02. The van der Waals surface area contributed by atoms with Gasteiger partial charge in [-0.25, -0.2) is 0 Å². The lowest BCUT2D eigenvalue weighted by molar-refractivity contribution is 0.0924. The predicted octanol–water partition coefficient (Wildman–Crippen LogP) is 4.98. The van der Waals surface area contributed by atoms with E-state index in [1.807, 2.05) is 23.6 Å². The zero-order chi connectivity index (χ0) is 14.7. The number of nitrogens with one attached hydrogen (secondary N) is 1. The third kappa shape index (κ3) is 3.16. The van der Waals surface area contributed by atoms with Crippen molar-refractivity contribution in [2.45, 2.75) is 32.1 Å². The van der Waals surface area contributed by atoms with Crippen molar-refractivity contribution < 1.29 is 4.79 Å². The van der Waals surface area contributed by atoms with Crippen molar-refractivity contribution in [1.82, 2.24) is 5.32 Å². The monoisotopic (exact) mass is 365 g/mol. The topological polar surface area (TPSA) is 29.1 Å². The first kappa shape index (κ1) is 15.0. The van der Waals surface area contributed by atoms with Crippen molar-refractivity contribution in [3.63, 3.8) is 0 Å². The Morgan fingerprint density at radius 2 is 2.00 bits per heavy atom. The fourth-order valence-corrected chi connectivity index (χ4v) is 4.88.